The summed E-state index contributed by atoms with van der Waals surface area (Å²) in [5, 5.41) is 0. The number of Topliss-reactive ketones (excluding diaryl/α,β-unsaturated/α-hetero) is 1. The van der Waals surface area contributed by atoms with Crippen LogP contribution in [0.5, 0.6) is 5.75 Å². The van der Waals surface area contributed by atoms with Crippen molar-refractivity contribution in [1.82, 2.24) is 0 Å². The van der Waals surface area contributed by atoms with E-state index in [9.17, 15) is 4.79 Å². The van der Waals surface area contributed by atoms with Crippen molar-refractivity contribution in [2.45, 2.75) is 13.0 Å². The monoisotopic (exact) mass is 223 g/mol. The van der Waals surface area contributed by atoms with Crippen LogP contribution in [0.4, 0.5) is 0 Å². The van der Waals surface area contributed by atoms with Crippen LogP contribution in [-0.4, -0.2) is 32.1 Å². The van der Waals surface area contributed by atoms with Gasteiger partial charge < -0.3 is 15.2 Å². The first-order valence-corrected chi connectivity index (χ1v) is 5.21. The fourth-order valence-electron chi connectivity index (χ4n) is 1.41. The lowest BCUT2D eigenvalue weighted by Gasteiger charge is -2.13. The summed E-state index contributed by atoms with van der Waals surface area (Å²) in [6, 6.07) is 6.43. The molecule has 0 heterocycles. The third-order valence-corrected chi connectivity index (χ3v) is 2.14. The number of hydrogen-bond donors (Lipinski definition) is 1. The highest BCUT2D eigenvalue weighted by Crippen LogP contribution is 2.19. The fraction of sp³-hybridized carbons (Fsp3) is 0.417. The zero-order valence-electron chi connectivity index (χ0n) is 9.60. The largest absolute Gasteiger partial charge is 0.493 e. The molecule has 1 aromatic rings. The Morgan fingerprint density at radius 3 is 2.75 bits per heavy atom. The Balaban J connectivity index is 2.89. The molecule has 0 spiro atoms. The zero-order valence-corrected chi connectivity index (χ0v) is 9.60. The van der Waals surface area contributed by atoms with Crippen LogP contribution in [0.15, 0.2) is 24.3 Å². The van der Waals surface area contributed by atoms with Gasteiger partial charge in [-0.25, -0.2) is 0 Å². The molecule has 4 heteroatoms. The second kappa shape index (κ2) is 6.25. The highest BCUT2D eigenvalue weighted by Gasteiger charge is 2.18. The van der Waals surface area contributed by atoms with E-state index >= 15 is 0 Å². The topological polar surface area (TPSA) is 61.5 Å². The smallest absolute Gasteiger partial charge is 0.185 e. The molecule has 0 saturated heterocycles. The predicted molar refractivity (Wildman–Crippen MR) is 61.8 cm³/mol. The molecule has 4 nitrogen and oxygen atoms in total. The molecular formula is C12H17NO3. The van der Waals surface area contributed by atoms with Crippen molar-refractivity contribution in [2.24, 2.45) is 5.73 Å². The third kappa shape index (κ3) is 3.05. The summed E-state index contributed by atoms with van der Waals surface area (Å²) < 4.78 is 10.2. The van der Waals surface area contributed by atoms with Crippen LogP contribution in [0.3, 0.4) is 0 Å². The van der Waals surface area contributed by atoms with E-state index in [0.29, 0.717) is 17.9 Å². The molecule has 16 heavy (non-hydrogen) atoms. The first-order chi connectivity index (χ1) is 7.70. The van der Waals surface area contributed by atoms with Gasteiger partial charge in [0.1, 0.15) is 5.75 Å². The van der Waals surface area contributed by atoms with E-state index in [2.05, 4.69) is 0 Å². The van der Waals surface area contributed by atoms with Crippen LogP contribution in [-0.2, 0) is 4.74 Å². The number of carbonyl (C=O) groups is 1. The number of carbonyl (C=O) groups excluding carboxylic acids is 1. The van der Waals surface area contributed by atoms with Gasteiger partial charge in [0.2, 0.25) is 0 Å². The van der Waals surface area contributed by atoms with Crippen LogP contribution >= 0.6 is 0 Å². The molecule has 0 saturated carbocycles. The Hall–Kier alpha value is -1.39. The second-order valence-corrected chi connectivity index (χ2v) is 3.36. The summed E-state index contributed by atoms with van der Waals surface area (Å²) in [4.78, 5) is 11.9. The van der Waals surface area contributed by atoms with E-state index in [1.165, 1.54) is 7.11 Å². The highest BCUT2D eigenvalue weighted by atomic mass is 16.5. The highest BCUT2D eigenvalue weighted by molar-refractivity contribution is 6.02. The molecule has 88 valence electrons. The summed E-state index contributed by atoms with van der Waals surface area (Å²) in [5.41, 5.74) is 6.20. The number of ketones is 1. The van der Waals surface area contributed by atoms with E-state index in [1.807, 2.05) is 13.0 Å². The zero-order chi connectivity index (χ0) is 12.0. The lowest BCUT2D eigenvalue weighted by molar-refractivity contribution is 0.0888. The minimum Gasteiger partial charge on any atom is -0.493 e. The summed E-state index contributed by atoms with van der Waals surface area (Å²) in [5.74, 6) is 0.410. The summed E-state index contributed by atoms with van der Waals surface area (Å²) in [6.45, 7) is 2.60. The van der Waals surface area contributed by atoms with Gasteiger partial charge in [-0.15, -0.1) is 0 Å². The normalized spacial score (nSPS) is 12.2. The van der Waals surface area contributed by atoms with Gasteiger partial charge in [0, 0.05) is 7.11 Å². The fourth-order valence-corrected chi connectivity index (χ4v) is 1.41. The first kappa shape index (κ1) is 12.7. The number of nitrogens with two attached hydrogens (primary N) is 1. The van der Waals surface area contributed by atoms with Crippen LogP contribution in [0.25, 0.3) is 0 Å². The maximum absolute atomic E-state index is 11.9. The van der Waals surface area contributed by atoms with E-state index in [1.54, 1.807) is 18.2 Å². The Kier molecular flexibility index (Phi) is 4.95. The molecule has 0 aliphatic rings. The molecule has 0 bridgehead atoms. The molecule has 1 atom stereocenters. The maximum Gasteiger partial charge on any atom is 0.185 e. The van der Waals surface area contributed by atoms with E-state index in [0.717, 1.165) is 0 Å². The third-order valence-electron chi connectivity index (χ3n) is 2.14. The number of para-hydroxylation sites is 1. The summed E-state index contributed by atoms with van der Waals surface area (Å²) in [6.07, 6.45) is 0. The van der Waals surface area contributed by atoms with Gasteiger partial charge in [0.25, 0.3) is 0 Å². The standard InChI is InChI=1S/C12H17NO3/c1-3-16-11-7-5-4-6-9(11)12(14)10(13)8-15-2/h4-7,10H,3,8,13H2,1-2H3. The quantitative estimate of drug-likeness (QED) is 0.737. The number of hydrogen-bond acceptors (Lipinski definition) is 4. The lowest BCUT2D eigenvalue weighted by Crippen LogP contribution is -2.35. The van der Waals surface area contributed by atoms with Crippen molar-refractivity contribution < 1.29 is 14.3 Å². The van der Waals surface area contributed by atoms with E-state index in [-0.39, 0.29) is 12.4 Å². The van der Waals surface area contributed by atoms with Crippen molar-refractivity contribution in [1.29, 1.82) is 0 Å². The average molecular weight is 223 g/mol. The van der Waals surface area contributed by atoms with E-state index < -0.39 is 6.04 Å². The summed E-state index contributed by atoms with van der Waals surface area (Å²) >= 11 is 0. The van der Waals surface area contributed by atoms with E-state index in [4.69, 9.17) is 15.2 Å². The van der Waals surface area contributed by atoms with Gasteiger partial charge in [-0.1, -0.05) is 12.1 Å². The van der Waals surface area contributed by atoms with Gasteiger partial charge in [-0.2, -0.15) is 0 Å². The Morgan fingerprint density at radius 1 is 1.44 bits per heavy atom. The van der Waals surface area contributed by atoms with Gasteiger partial charge in [0.05, 0.1) is 24.8 Å². The average Bonchev–Trinajstić information content (AvgIpc) is 2.29. The molecule has 2 N–H and O–H groups in total. The maximum atomic E-state index is 11.9. The van der Waals surface area contributed by atoms with Crippen LogP contribution in [0, 0.1) is 0 Å². The molecular weight excluding hydrogens is 206 g/mol. The van der Waals surface area contributed by atoms with Crippen LogP contribution in [0.2, 0.25) is 0 Å². The Labute approximate surface area is 95.3 Å². The molecule has 0 fully saturated rings. The molecule has 0 radical (unpaired) electrons. The molecule has 0 aliphatic carbocycles. The number of methoxy groups -OCH3 is 1. The van der Waals surface area contributed by atoms with Gasteiger partial charge in [0.15, 0.2) is 5.78 Å². The Morgan fingerprint density at radius 2 is 2.12 bits per heavy atom. The SMILES string of the molecule is CCOc1ccccc1C(=O)C(N)COC. The van der Waals surface area contributed by atoms with Gasteiger partial charge in [-0.05, 0) is 19.1 Å². The first-order valence-electron chi connectivity index (χ1n) is 5.21. The van der Waals surface area contributed by atoms with Crippen molar-refractivity contribution in [3.05, 3.63) is 29.8 Å². The molecule has 0 aliphatic heterocycles. The molecule has 1 unspecified atom stereocenters. The number of rotatable bonds is 6. The predicted octanol–water partition coefficient (Wildman–Crippen LogP) is 1.24. The van der Waals surface area contributed by atoms with Crippen molar-refractivity contribution in [3.63, 3.8) is 0 Å². The minimum atomic E-state index is -0.647. The lowest BCUT2D eigenvalue weighted by atomic mass is 10.0. The van der Waals surface area contributed by atoms with Gasteiger partial charge in [-0.3, -0.25) is 4.79 Å². The van der Waals surface area contributed by atoms with Gasteiger partial charge >= 0.3 is 0 Å². The molecule has 0 amide bonds. The number of ether oxygens (including phenoxy) is 2. The minimum absolute atomic E-state index is 0.161. The molecule has 0 aromatic heterocycles. The number of benzene rings is 1. The second-order valence-electron chi connectivity index (χ2n) is 3.36. The molecule has 1 aromatic carbocycles. The molecule has 1 rings (SSSR count). The van der Waals surface area contributed by atoms with Crippen molar-refractivity contribution >= 4 is 5.78 Å². The van der Waals surface area contributed by atoms with Crippen molar-refractivity contribution in [3.8, 4) is 5.75 Å². The van der Waals surface area contributed by atoms with Crippen LogP contribution in [0.1, 0.15) is 17.3 Å². The van der Waals surface area contributed by atoms with Crippen LogP contribution < -0.4 is 10.5 Å². The van der Waals surface area contributed by atoms with Crippen molar-refractivity contribution in [2.75, 3.05) is 20.3 Å². The summed E-state index contributed by atoms with van der Waals surface area (Å²) in [7, 11) is 1.52. The Bertz CT molecular complexity index is 352.